The van der Waals surface area contributed by atoms with E-state index in [2.05, 4.69) is 15.8 Å². The SMILES string of the molecule is Cc1ccccc1C(=O)Oc1ccc(C=NNC(=O)CNC(=O)c2ccc(F)cc2)cc1. The van der Waals surface area contributed by atoms with E-state index in [-0.39, 0.29) is 12.1 Å². The zero-order valence-electron chi connectivity index (χ0n) is 17.2. The van der Waals surface area contributed by atoms with Crippen molar-refractivity contribution in [1.82, 2.24) is 10.7 Å². The Bertz CT molecular complexity index is 1140. The van der Waals surface area contributed by atoms with Crippen LogP contribution < -0.4 is 15.5 Å². The van der Waals surface area contributed by atoms with E-state index in [1.165, 1.54) is 18.3 Å². The minimum atomic E-state index is -0.527. The van der Waals surface area contributed by atoms with Crippen molar-refractivity contribution in [3.05, 3.63) is 101 Å². The van der Waals surface area contributed by atoms with Gasteiger partial charge in [-0.05, 0) is 72.6 Å². The van der Waals surface area contributed by atoms with Crippen molar-refractivity contribution < 1.29 is 23.5 Å². The molecular weight excluding hydrogens is 413 g/mol. The number of nitrogens with one attached hydrogen (secondary N) is 2. The van der Waals surface area contributed by atoms with Gasteiger partial charge < -0.3 is 10.1 Å². The van der Waals surface area contributed by atoms with Gasteiger partial charge in [0.25, 0.3) is 11.8 Å². The molecule has 0 unspecified atom stereocenters. The molecule has 2 amide bonds. The molecule has 32 heavy (non-hydrogen) atoms. The number of hydrogen-bond acceptors (Lipinski definition) is 5. The summed E-state index contributed by atoms with van der Waals surface area (Å²) in [6.45, 7) is 1.54. The lowest BCUT2D eigenvalue weighted by atomic mass is 10.1. The number of hydrogen-bond donors (Lipinski definition) is 2. The maximum atomic E-state index is 12.9. The summed E-state index contributed by atoms with van der Waals surface area (Å²) in [5, 5.41) is 6.23. The van der Waals surface area contributed by atoms with E-state index in [0.29, 0.717) is 16.9 Å². The van der Waals surface area contributed by atoms with Crippen LogP contribution >= 0.6 is 0 Å². The lowest BCUT2D eigenvalue weighted by Gasteiger charge is -2.06. The zero-order valence-corrected chi connectivity index (χ0v) is 17.2. The standard InChI is InChI=1S/C24H20FN3O4/c1-16-4-2-3-5-21(16)24(31)32-20-12-6-17(7-13-20)14-27-28-22(29)15-26-23(30)18-8-10-19(25)11-9-18/h2-14H,15H2,1H3,(H,26,30)(H,28,29). The molecule has 0 saturated carbocycles. The minimum Gasteiger partial charge on any atom is -0.423 e. The highest BCUT2D eigenvalue weighted by Gasteiger charge is 2.11. The molecule has 162 valence electrons. The highest BCUT2D eigenvalue weighted by Crippen LogP contribution is 2.15. The Kier molecular flexibility index (Phi) is 7.42. The average Bonchev–Trinajstić information content (AvgIpc) is 2.79. The van der Waals surface area contributed by atoms with Gasteiger partial charge in [-0.2, -0.15) is 5.10 Å². The molecule has 0 heterocycles. The summed E-state index contributed by atoms with van der Waals surface area (Å²) in [5.41, 5.74) is 4.51. The maximum Gasteiger partial charge on any atom is 0.343 e. The van der Waals surface area contributed by atoms with Gasteiger partial charge in [0, 0.05) is 5.56 Å². The first-order valence-electron chi connectivity index (χ1n) is 9.66. The summed E-state index contributed by atoms with van der Waals surface area (Å²) >= 11 is 0. The van der Waals surface area contributed by atoms with Gasteiger partial charge in [-0.3, -0.25) is 9.59 Å². The smallest absolute Gasteiger partial charge is 0.343 e. The first-order chi connectivity index (χ1) is 15.4. The number of rotatable bonds is 7. The lowest BCUT2D eigenvalue weighted by molar-refractivity contribution is -0.120. The molecule has 0 spiro atoms. The molecule has 0 aromatic heterocycles. The Morgan fingerprint density at radius 2 is 1.66 bits per heavy atom. The summed E-state index contributed by atoms with van der Waals surface area (Å²) < 4.78 is 18.2. The van der Waals surface area contributed by atoms with E-state index in [1.54, 1.807) is 36.4 Å². The fourth-order valence-corrected chi connectivity index (χ4v) is 2.67. The van der Waals surface area contributed by atoms with E-state index < -0.39 is 23.6 Å². The van der Waals surface area contributed by atoms with E-state index in [1.807, 2.05) is 19.1 Å². The van der Waals surface area contributed by atoms with Crippen molar-refractivity contribution in [1.29, 1.82) is 0 Å². The van der Waals surface area contributed by atoms with Gasteiger partial charge in [0.15, 0.2) is 0 Å². The molecule has 0 radical (unpaired) electrons. The monoisotopic (exact) mass is 433 g/mol. The largest absolute Gasteiger partial charge is 0.423 e. The van der Waals surface area contributed by atoms with Gasteiger partial charge in [-0.25, -0.2) is 14.6 Å². The number of benzene rings is 3. The summed E-state index contributed by atoms with van der Waals surface area (Å²) in [6, 6.07) is 18.7. The predicted octanol–water partition coefficient (Wildman–Crippen LogP) is 3.23. The van der Waals surface area contributed by atoms with Gasteiger partial charge in [-0.15, -0.1) is 0 Å². The van der Waals surface area contributed by atoms with Crippen LogP contribution in [0.4, 0.5) is 4.39 Å². The normalized spacial score (nSPS) is 10.6. The molecule has 2 N–H and O–H groups in total. The Labute approximate surface area is 183 Å². The van der Waals surface area contributed by atoms with Crippen LogP contribution in [0.5, 0.6) is 5.75 Å². The van der Waals surface area contributed by atoms with Crippen molar-refractivity contribution in [3.63, 3.8) is 0 Å². The second-order valence-electron chi connectivity index (χ2n) is 6.76. The van der Waals surface area contributed by atoms with Gasteiger partial charge in [0.2, 0.25) is 0 Å². The Morgan fingerprint density at radius 1 is 0.969 bits per heavy atom. The van der Waals surface area contributed by atoms with Crippen LogP contribution in [0, 0.1) is 12.7 Å². The molecule has 0 atom stereocenters. The fraction of sp³-hybridized carbons (Fsp3) is 0.0833. The molecule has 0 bridgehead atoms. The minimum absolute atomic E-state index is 0.242. The first-order valence-corrected chi connectivity index (χ1v) is 9.66. The van der Waals surface area contributed by atoms with Crippen LogP contribution in [0.25, 0.3) is 0 Å². The third-order valence-corrected chi connectivity index (χ3v) is 4.37. The molecular formula is C24H20FN3O4. The number of halogens is 1. The Morgan fingerprint density at radius 3 is 2.34 bits per heavy atom. The van der Waals surface area contributed by atoms with Gasteiger partial charge >= 0.3 is 5.97 Å². The predicted molar refractivity (Wildman–Crippen MR) is 117 cm³/mol. The highest BCUT2D eigenvalue weighted by molar-refractivity contribution is 5.96. The topological polar surface area (TPSA) is 96.9 Å². The van der Waals surface area contributed by atoms with Crippen LogP contribution in [0.2, 0.25) is 0 Å². The second-order valence-corrected chi connectivity index (χ2v) is 6.76. The van der Waals surface area contributed by atoms with Crippen molar-refractivity contribution in [3.8, 4) is 5.75 Å². The quantitative estimate of drug-likeness (QED) is 0.259. The molecule has 3 aromatic carbocycles. The van der Waals surface area contributed by atoms with Crippen LogP contribution in [0.15, 0.2) is 77.9 Å². The number of aryl methyl sites for hydroxylation is 1. The number of nitrogens with zero attached hydrogens (tertiary/aromatic N) is 1. The third-order valence-electron chi connectivity index (χ3n) is 4.37. The Hall–Kier alpha value is -4.33. The van der Waals surface area contributed by atoms with Crippen molar-refractivity contribution in [2.24, 2.45) is 5.10 Å². The number of carbonyl (C=O) groups excluding carboxylic acids is 3. The van der Waals surface area contributed by atoms with Crippen molar-refractivity contribution >= 4 is 24.0 Å². The zero-order chi connectivity index (χ0) is 22.9. The third kappa shape index (κ3) is 6.33. The Balaban J connectivity index is 1.45. The fourth-order valence-electron chi connectivity index (χ4n) is 2.67. The molecule has 8 heteroatoms. The van der Waals surface area contributed by atoms with E-state index in [0.717, 1.165) is 17.7 Å². The molecule has 0 fully saturated rings. The molecule has 0 aliphatic heterocycles. The second kappa shape index (κ2) is 10.6. The van der Waals surface area contributed by atoms with Crippen LogP contribution in [0.1, 0.15) is 31.8 Å². The van der Waals surface area contributed by atoms with Crippen molar-refractivity contribution in [2.45, 2.75) is 6.92 Å². The maximum absolute atomic E-state index is 12.9. The number of amides is 2. The van der Waals surface area contributed by atoms with Crippen LogP contribution in [0.3, 0.4) is 0 Å². The van der Waals surface area contributed by atoms with Gasteiger partial charge in [0.1, 0.15) is 11.6 Å². The average molecular weight is 433 g/mol. The lowest BCUT2D eigenvalue weighted by Crippen LogP contribution is -2.34. The van der Waals surface area contributed by atoms with E-state index in [4.69, 9.17) is 4.74 Å². The van der Waals surface area contributed by atoms with Crippen LogP contribution in [-0.2, 0) is 4.79 Å². The number of ether oxygens (including phenoxy) is 1. The van der Waals surface area contributed by atoms with Gasteiger partial charge in [0.05, 0.1) is 18.3 Å². The summed E-state index contributed by atoms with van der Waals surface area (Å²) in [7, 11) is 0. The van der Waals surface area contributed by atoms with E-state index in [9.17, 15) is 18.8 Å². The molecule has 3 rings (SSSR count). The number of hydrazone groups is 1. The molecule has 0 saturated heterocycles. The summed E-state index contributed by atoms with van der Waals surface area (Å²) in [6.07, 6.45) is 1.41. The highest BCUT2D eigenvalue weighted by atomic mass is 19.1. The number of esters is 1. The molecule has 7 nitrogen and oxygen atoms in total. The summed E-state index contributed by atoms with van der Waals surface area (Å²) in [5.74, 6) is -1.55. The number of carbonyl (C=O) groups is 3. The molecule has 0 aliphatic rings. The van der Waals surface area contributed by atoms with E-state index >= 15 is 0 Å². The summed E-state index contributed by atoms with van der Waals surface area (Å²) in [4.78, 5) is 35.9. The molecule has 3 aromatic rings. The van der Waals surface area contributed by atoms with Crippen LogP contribution in [-0.4, -0.2) is 30.5 Å². The molecule has 0 aliphatic carbocycles. The van der Waals surface area contributed by atoms with Crippen molar-refractivity contribution in [2.75, 3.05) is 6.54 Å². The van der Waals surface area contributed by atoms with Gasteiger partial charge in [-0.1, -0.05) is 18.2 Å². The first kappa shape index (κ1) is 22.4.